The van der Waals surface area contributed by atoms with Gasteiger partial charge in [-0.3, -0.25) is 4.21 Å². The van der Waals surface area contributed by atoms with Gasteiger partial charge in [0.15, 0.2) is 0 Å². The van der Waals surface area contributed by atoms with Crippen LogP contribution in [0.25, 0.3) is 11.0 Å². The lowest BCUT2D eigenvalue weighted by atomic mass is 10.2. The van der Waals surface area contributed by atoms with E-state index in [2.05, 4.69) is 0 Å². The van der Waals surface area contributed by atoms with Crippen LogP contribution in [0, 0.1) is 0 Å². The highest BCUT2D eigenvalue weighted by Gasteiger charge is 2.11. The largest absolute Gasteiger partial charge is 0.475 e. The Morgan fingerprint density at radius 2 is 1.86 bits per heavy atom. The molecule has 106 valence electrons. The van der Waals surface area contributed by atoms with Crippen molar-refractivity contribution in [2.75, 3.05) is 0 Å². The van der Waals surface area contributed by atoms with Crippen molar-refractivity contribution < 1.29 is 18.5 Å². The summed E-state index contributed by atoms with van der Waals surface area (Å²) in [5.74, 6) is -0.806. The van der Waals surface area contributed by atoms with Crippen molar-refractivity contribution in [1.82, 2.24) is 0 Å². The summed E-state index contributed by atoms with van der Waals surface area (Å²) >= 11 is 0. The highest BCUT2D eigenvalue weighted by Crippen LogP contribution is 2.22. The maximum atomic E-state index is 12.3. The molecule has 0 saturated heterocycles. The normalized spacial score (nSPS) is 12.4. The maximum Gasteiger partial charge on any atom is 0.371 e. The van der Waals surface area contributed by atoms with Gasteiger partial charge in [-0.1, -0.05) is 24.3 Å². The van der Waals surface area contributed by atoms with Gasteiger partial charge in [0.05, 0.1) is 16.6 Å². The highest BCUT2D eigenvalue weighted by molar-refractivity contribution is 7.84. The SMILES string of the molecule is O=C(O)c1cc2cc(CS(=O)c3ccccc3)ccc2o1. The minimum Gasteiger partial charge on any atom is -0.475 e. The first-order chi connectivity index (χ1) is 10.1. The molecule has 0 aliphatic carbocycles. The molecule has 2 aromatic carbocycles. The molecule has 0 aliphatic heterocycles. The molecule has 1 aromatic heterocycles. The van der Waals surface area contributed by atoms with Gasteiger partial charge >= 0.3 is 5.97 Å². The molecule has 0 fully saturated rings. The van der Waals surface area contributed by atoms with Crippen LogP contribution in [-0.2, 0) is 16.6 Å². The van der Waals surface area contributed by atoms with Gasteiger partial charge in [-0.05, 0) is 35.9 Å². The van der Waals surface area contributed by atoms with Crippen LogP contribution in [-0.4, -0.2) is 15.3 Å². The number of fused-ring (bicyclic) bond motifs is 1. The summed E-state index contributed by atoms with van der Waals surface area (Å²) in [6.45, 7) is 0. The molecule has 0 amide bonds. The zero-order valence-electron chi connectivity index (χ0n) is 11.0. The third kappa shape index (κ3) is 2.87. The van der Waals surface area contributed by atoms with Gasteiger partial charge in [0.2, 0.25) is 5.76 Å². The van der Waals surface area contributed by atoms with Crippen LogP contribution in [0.15, 0.2) is 63.9 Å². The monoisotopic (exact) mass is 300 g/mol. The summed E-state index contributed by atoms with van der Waals surface area (Å²) in [5, 5.41) is 9.61. The summed E-state index contributed by atoms with van der Waals surface area (Å²) in [4.78, 5) is 11.6. The van der Waals surface area contributed by atoms with Crippen LogP contribution < -0.4 is 0 Å². The Hall–Kier alpha value is -2.40. The molecule has 0 radical (unpaired) electrons. The Morgan fingerprint density at radius 3 is 2.57 bits per heavy atom. The van der Waals surface area contributed by atoms with Crippen LogP contribution >= 0.6 is 0 Å². The van der Waals surface area contributed by atoms with E-state index in [-0.39, 0.29) is 5.76 Å². The molecule has 5 heteroatoms. The molecule has 0 bridgehead atoms. The Bertz CT molecular complexity index is 821. The minimum absolute atomic E-state index is 0.0914. The highest BCUT2D eigenvalue weighted by atomic mass is 32.2. The van der Waals surface area contributed by atoms with E-state index in [0.29, 0.717) is 16.7 Å². The van der Waals surface area contributed by atoms with Gasteiger partial charge < -0.3 is 9.52 Å². The molecule has 3 rings (SSSR count). The maximum absolute atomic E-state index is 12.3. The van der Waals surface area contributed by atoms with Gasteiger partial charge in [-0.25, -0.2) is 4.79 Å². The summed E-state index contributed by atoms with van der Waals surface area (Å²) in [5.41, 5.74) is 1.39. The fraction of sp³-hybridized carbons (Fsp3) is 0.0625. The molecule has 1 atom stereocenters. The number of hydrogen-bond donors (Lipinski definition) is 1. The van der Waals surface area contributed by atoms with E-state index in [1.54, 1.807) is 12.1 Å². The Morgan fingerprint density at radius 1 is 1.10 bits per heavy atom. The summed E-state index contributed by atoms with van der Waals surface area (Å²) in [6.07, 6.45) is 0. The zero-order valence-corrected chi connectivity index (χ0v) is 11.8. The fourth-order valence-electron chi connectivity index (χ4n) is 2.09. The minimum atomic E-state index is -1.13. The third-order valence-corrected chi connectivity index (χ3v) is 4.49. The summed E-state index contributed by atoms with van der Waals surface area (Å²) in [7, 11) is -1.13. The predicted molar refractivity (Wildman–Crippen MR) is 79.7 cm³/mol. The lowest BCUT2D eigenvalue weighted by molar-refractivity contribution is 0.0665. The molecule has 1 N–H and O–H groups in total. The zero-order chi connectivity index (χ0) is 14.8. The van der Waals surface area contributed by atoms with E-state index in [4.69, 9.17) is 9.52 Å². The number of aromatic carboxylic acids is 1. The summed E-state index contributed by atoms with van der Waals surface area (Å²) in [6, 6.07) is 16.0. The van der Waals surface area contributed by atoms with Gasteiger partial charge in [0, 0.05) is 10.3 Å². The van der Waals surface area contributed by atoms with Crippen LogP contribution in [0.4, 0.5) is 0 Å². The number of furan rings is 1. The predicted octanol–water partition coefficient (Wildman–Crippen LogP) is 3.44. The third-order valence-electron chi connectivity index (χ3n) is 3.10. The van der Waals surface area contributed by atoms with Crippen molar-refractivity contribution in [2.45, 2.75) is 10.6 Å². The molecule has 0 spiro atoms. The first-order valence-electron chi connectivity index (χ1n) is 6.33. The second-order valence-electron chi connectivity index (χ2n) is 4.59. The second-order valence-corrected chi connectivity index (χ2v) is 6.04. The van der Waals surface area contributed by atoms with Gasteiger partial charge in [-0.2, -0.15) is 0 Å². The molecule has 0 aliphatic rings. The molecular weight excluding hydrogens is 288 g/mol. The van der Waals surface area contributed by atoms with E-state index < -0.39 is 16.8 Å². The summed E-state index contributed by atoms with van der Waals surface area (Å²) < 4.78 is 17.5. The van der Waals surface area contributed by atoms with Crippen LogP contribution in [0.1, 0.15) is 16.1 Å². The van der Waals surface area contributed by atoms with E-state index in [9.17, 15) is 9.00 Å². The lowest BCUT2D eigenvalue weighted by Crippen LogP contribution is -1.95. The van der Waals surface area contributed by atoms with Crippen LogP contribution in [0.3, 0.4) is 0 Å². The Labute approximate surface area is 123 Å². The molecule has 1 heterocycles. The van der Waals surface area contributed by atoms with Crippen molar-refractivity contribution in [2.24, 2.45) is 0 Å². The lowest BCUT2D eigenvalue weighted by Gasteiger charge is -2.02. The van der Waals surface area contributed by atoms with Crippen LogP contribution in [0.2, 0.25) is 0 Å². The van der Waals surface area contributed by atoms with Crippen molar-refractivity contribution >= 4 is 27.7 Å². The van der Waals surface area contributed by atoms with Gasteiger partial charge in [0.1, 0.15) is 5.58 Å². The average Bonchev–Trinajstić information content (AvgIpc) is 2.91. The van der Waals surface area contributed by atoms with E-state index >= 15 is 0 Å². The molecule has 1 unspecified atom stereocenters. The molecule has 0 saturated carbocycles. The number of hydrogen-bond acceptors (Lipinski definition) is 3. The second kappa shape index (κ2) is 5.54. The molecule has 21 heavy (non-hydrogen) atoms. The standard InChI is InChI=1S/C16H12O4S/c17-16(18)15-9-12-8-11(6-7-14(12)20-15)10-21(19)13-4-2-1-3-5-13/h1-9H,10H2,(H,17,18). The first kappa shape index (κ1) is 13.6. The number of carbonyl (C=O) groups is 1. The van der Waals surface area contributed by atoms with Crippen molar-refractivity contribution in [3.8, 4) is 0 Å². The number of carboxylic acid groups (broad SMARTS) is 1. The molecular formula is C16H12O4S. The number of rotatable bonds is 4. The first-order valence-corrected chi connectivity index (χ1v) is 7.64. The smallest absolute Gasteiger partial charge is 0.371 e. The quantitative estimate of drug-likeness (QED) is 0.801. The molecule has 4 nitrogen and oxygen atoms in total. The van der Waals surface area contributed by atoms with Crippen molar-refractivity contribution in [3.63, 3.8) is 0 Å². The molecule has 3 aromatic rings. The van der Waals surface area contributed by atoms with E-state index in [0.717, 1.165) is 10.5 Å². The topological polar surface area (TPSA) is 67.5 Å². The van der Waals surface area contributed by atoms with Crippen molar-refractivity contribution in [1.29, 1.82) is 0 Å². The van der Waals surface area contributed by atoms with Gasteiger partial charge in [0.25, 0.3) is 0 Å². The number of benzene rings is 2. The van der Waals surface area contributed by atoms with Crippen molar-refractivity contribution in [3.05, 3.63) is 65.9 Å². The Kier molecular flexibility index (Phi) is 3.58. The number of carboxylic acids is 1. The van der Waals surface area contributed by atoms with E-state index in [1.165, 1.54) is 6.07 Å². The van der Waals surface area contributed by atoms with E-state index in [1.807, 2.05) is 36.4 Å². The average molecular weight is 300 g/mol. The Balaban J connectivity index is 1.87. The fourth-order valence-corrected chi connectivity index (χ4v) is 3.20. The van der Waals surface area contributed by atoms with Gasteiger partial charge in [-0.15, -0.1) is 0 Å². The van der Waals surface area contributed by atoms with Crippen LogP contribution in [0.5, 0.6) is 0 Å².